The fraction of sp³-hybridized carbons (Fsp3) is 0. The Hall–Kier alpha value is 2.13. The molecule has 0 spiro atoms. The Morgan fingerprint density at radius 2 is 2.00 bits per heavy atom. The average molecular weight is 473 g/mol. The van der Waals surface area contributed by atoms with Crippen molar-refractivity contribution in [1.29, 1.82) is 1.28 Å². The first kappa shape index (κ1) is 16.1. The average Bonchev–Trinajstić information content (AvgIpc) is 1.38. The molecule has 0 bridgehead atoms. The van der Waals surface area contributed by atoms with Gasteiger partial charge in [-0.15, -0.1) is 0 Å². The molecule has 1 atom stereocenters. The number of hydrogen-bond donors (Lipinski definition) is 1. The van der Waals surface area contributed by atoms with Gasteiger partial charge in [0.05, 0.1) is 0 Å². The van der Waals surface area contributed by atoms with Crippen LogP contribution < -0.4 is 6.15 Å². The van der Waals surface area contributed by atoms with Crippen LogP contribution in [0.1, 0.15) is 0 Å². The summed E-state index contributed by atoms with van der Waals surface area (Å²) in [5.41, 5.74) is 0. The Bertz CT molecular complexity index is 73.1. The first-order valence-corrected chi connectivity index (χ1v) is 6.18. The number of hydrogen-bond acceptors (Lipinski definition) is 2. The molecule has 39 valence electrons. The molecule has 2 nitrogen and oxygen atoms in total. The molecule has 0 amide bonds. The zero-order valence-corrected chi connectivity index (χ0v) is 11.5. The molecular formula is H4BIN2PSU. The standard InChI is InChI=1S/B.INPS.H3N.U/c;2-1-3-4;;/h;;1H3;/q;-1;;/p+1/i/hT. The number of nitrogens with zero attached hydrogens (tertiary/aromatic N) is 1. The van der Waals surface area contributed by atoms with Crippen LogP contribution in [-0.2, 0) is 11.8 Å². The van der Waals surface area contributed by atoms with Crippen LogP contribution in [0.25, 0.3) is 3.56 Å². The van der Waals surface area contributed by atoms with Gasteiger partial charge in [-0.2, -0.15) is 0 Å². The smallest absolute Gasteiger partial charge is 0.362 e. The van der Waals surface area contributed by atoms with Crippen molar-refractivity contribution in [3.05, 3.63) is 3.56 Å². The Kier molecular flexibility index (Phi) is 55.6. The molecule has 0 aliphatic carbocycles. The third-order valence-corrected chi connectivity index (χ3v) is 1.86. The molecule has 0 saturated carbocycles. The van der Waals surface area contributed by atoms with Gasteiger partial charge in [0.15, 0.2) is 16.8 Å². The minimum atomic E-state index is -1.10. The molecule has 0 aliphatic heterocycles. The third-order valence-electron chi connectivity index (χ3n) is 0.0309. The van der Waals surface area contributed by atoms with Gasteiger partial charge in [0.2, 0.25) is 0 Å². The summed E-state index contributed by atoms with van der Waals surface area (Å²) in [6.07, 6.45) is 0. The minimum Gasteiger partial charge on any atom is -0.732 e. The maximum absolute atomic E-state index is 7.99. The summed E-state index contributed by atoms with van der Waals surface area (Å²) in [7, 11) is 0. The first-order chi connectivity index (χ1) is 2.27. The first-order valence-electron chi connectivity index (χ1n) is 0.968. The van der Waals surface area contributed by atoms with E-state index in [0.29, 0.717) is 0 Å². The summed E-state index contributed by atoms with van der Waals surface area (Å²) in [6.45, 7) is 0. The SMILES string of the molecule is N.[3H][P+](=S)I=[N-].[B].[U]. The normalized spacial score (nSPS) is 8.00. The Morgan fingerprint density at radius 3 is 2.00 bits per heavy atom. The van der Waals surface area contributed by atoms with Gasteiger partial charge in [-0.3, -0.25) is 0 Å². The largest absolute Gasteiger partial charge is 0.732 e. The van der Waals surface area contributed by atoms with E-state index >= 15 is 0 Å². The quantitative estimate of drug-likeness (QED) is 0.358. The van der Waals surface area contributed by atoms with Gasteiger partial charge in [0.1, 0.15) is 0 Å². The topological polar surface area (TPSA) is 57.3 Å². The molecule has 7 heavy (non-hydrogen) atoms. The fourth-order valence-corrected chi connectivity index (χ4v) is 0. The summed E-state index contributed by atoms with van der Waals surface area (Å²) in [5, 5.41) is 0. The summed E-state index contributed by atoms with van der Waals surface area (Å²) in [6, 6.07) is 0. The maximum Gasteiger partial charge on any atom is 0.362 e. The van der Waals surface area contributed by atoms with Crippen molar-refractivity contribution in [2.24, 2.45) is 0 Å². The van der Waals surface area contributed by atoms with Crippen LogP contribution in [0.5, 0.6) is 0 Å². The summed E-state index contributed by atoms with van der Waals surface area (Å²) in [4.78, 5) is -1.10. The van der Waals surface area contributed by atoms with Gasteiger partial charge in [-0.25, -0.2) is 0 Å². The van der Waals surface area contributed by atoms with Crippen LogP contribution in [0, 0.1) is 31.1 Å². The van der Waals surface area contributed by atoms with Crippen LogP contribution in [0.2, 0.25) is 0 Å². The second-order valence-corrected chi connectivity index (χ2v) is 5.69. The van der Waals surface area contributed by atoms with Gasteiger partial charge < -0.3 is 9.71 Å². The van der Waals surface area contributed by atoms with Gasteiger partial charge >= 0.3 is 1.28 Å². The summed E-state index contributed by atoms with van der Waals surface area (Å²) in [5.74, 6) is 0. The van der Waals surface area contributed by atoms with Crippen LogP contribution in [-0.4, -0.2) is 9.69 Å². The number of halogens is 1. The molecule has 3 radical (unpaired) electrons. The molecule has 1 unspecified atom stereocenters. The van der Waals surface area contributed by atoms with E-state index in [4.69, 9.17) is 4.84 Å². The van der Waals surface area contributed by atoms with Gasteiger partial charge in [0.25, 0.3) is 0 Å². The van der Waals surface area contributed by atoms with Crippen molar-refractivity contribution in [3.8, 4) is 0 Å². The molecule has 0 rings (SSSR count). The zero-order valence-electron chi connectivity index (χ0n) is 4.47. The summed E-state index contributed by atoms with van der Waals surface area (Å²) >= 11 is 3.40. The van der Waals surface area contributed by atoms with E-state index < -0.39 is 25.4 Å². The molecule has 0 aromatic rings. The van der Waals surface area contributed by atoms with E-state index in [0.717, 1.165) is 0 Å². The van der Waals surface area contributed by atoms with Crippen LogP contribution in [0.3, 0.4) is 0 Å². The van der Waals surface area contributed by atoms with Crippen LogP contribution >= 0.6 is 25.4 Å². The fourth-order valence-electron chi connectivity index (χ4n) is 0. The molecule has 0 heterocycles. The third kappa shape index (κ3) is 31.2. The van der Waals surface area contributed by atoms with Gasteiger partial charge in [0, 0.05) is 60.0 Å². The molecule has 0 aromatic carbocycles. The molecule has 0 saturated heterocycles. The predicted octanol–water partition coefficient (Wildman–Crippen LogP) is 1.55. The molecule has 0 aliphatic rings. The Morgan fingerprint density at radius 1 is 1.86 bits per heavy atom. The molecule has 0 fully saturated rings. The predicted molar refractivity (Wildman–Crippen MR) is 43.8 cm³/mol. The van der Waals surface area contributed by atoms with Crippen molar-refractivity contribution >= 4 is 45.6 Å². The molecule has 3 N–H and O–H groups in total. The van der Waals surface area contributed by atoms with Crippen molar-refractivity contribution in [3.63, 3.8) is 0 Å². The summed E-state index contributed by atoms with van der Waals surface area (Å²) < 4.78 is 14.5. The van der Waals surface area contributed by atoms with E-state index in [9.17, 15) is 0 Å². The Balaban J connectivity index is -0.0000000267. The van der Waals surface area contributed by atoms with E-state index in [2.05, 4.69) is 11.8 Å². The molecular weight excluding hydrogens is 467 g/mol. The second kappa shape index (κ2) is 24.2. The Labute approximate surface area is 86.5 Å². The van der Waals surface area contributed by atoms with Crippen molar-refractivity contribution in [2.45, 2.75) is 0 Å². The van der Waals surface area contributed by atoms with Crippen LogP contribution in [0.4, 0.5) is 0 Å². The molecule has 7 heteroatoms. The zero-order chi connectivity index (χ0) is 4.28. The van der Waals surface area contributed by atoms with E-state index in [1.807, 2.05) is 0 Å². The van der Waals surface area contributed by atoms with E-state index in [-0.39, 0.29) is 45.7 Å². The van der Waals surface area contributed by atoms with Crippen molar-refractivity contribution in [2.75, 3.05) is 0 Å². The van der Waals surface area contributed by atoms with Gasteiger partial charge in [-0.05, 0) is 0 Å². The number of rotatable bonds is 1. The van der Waals surface area contributed by atoms with E-state index in [1.165, 1.54) is 0 Å². The van der Waals surface area contributed by atoms with Gasteiger partial charge in [-0.1, -0.05) is 0 Å². The van der Waals surface area contributed by atoms with Crippen molar-refractivity contribution in [1.82, 2.24) is 6.15 Å². The van der Waals surface area contributed by atoms with E-state index in [1.54, 1.807) is 0 Å². The maximum atomic E-state index is 7.99. The van der Waals surface area contributed by atoms with Crippen LogP contribution in [0.15, 0.2) is 0 Å². The minimum absolute atomic E-state index is 0. The molecule has 0 aromatic heterocycles. The van der Waals surface area contributed by atoms with Crippen molar-refractivity contribution < 1.29 is 31.1 Å². The second-order valence-electron chi connectivity index (χ2n) is 0.145. The monoisotopic (exact) mass is 473 g/mol.